The van der Waals surface area contributed by atoms with Crippen molar-refractivity contribution in [2.75, 3.05) is 60.0 Å². The third-order valence-corrected chi connectivity index (χ3v) is 6.06. The first-order valence-electron chi connectivity index (χ1n) is 9.63. The van der Waals surface area contributed by atoms with E-state index in [9.17, 15) is 4.79 Å². The van der Waals surface area contributed by atoms with E-state index in [0.717, 1.165) is 51.1 Å². The average Bonchev–Trinajstić information content (AvgIpc) is 3.05. The Morgan fingerprint density at radius 2 is 1.75 bits per heavy atom. The van der Waals surface area contributed by atoms with E-state index in [-0.39, 0.29) is 6.03 Å². The topological polar surface area (TPSA) is 48.1 Å². The van der Waals surface area contributed by atoms with Crippen LogP contribution in [-0.2, 0) is 4.74 Å². The van der Waals surface area contributed by atoms with Gasteiger partial charge in [-0.05, 0) is 45.1 Å². The molecule has 0 unspecified atom stereocenters. The number of piperazine rings is 1. The summed E-state index contributed by atoms with van der Waals surface area (Å²) in [5, 5.41) is 3.21. The van der Waals surface area contributed by atoms with Gasteiger partial charge in [0, 0.05) is 59.0 Å². The lowest BCUT2D eigenvalue weighted by atomic mass is 9.96. The zero-order valence-corrected chi connectivity index (χ0v) is 15.4. The number of likely N-dealkylation sites (tertiary alicyclic amines) is 1. The van der Waals surface area contributed by atoms with Gasteiger partial charge >= 0.3 is 6.03 Å². The van der Waals surface area contributed by atoms with Crippen molar-refractivity contribution in [3.8, 4) is 0 Å². The molecule has 2 amide bonds. The number of carbonyl (C=O) groups is 1. The number of carbonyl (C=O) groups excluding carboxylic acids is 1. The molecule has 0 aromatic rings. The highest BCUT2D eigenvalue weighted by atomic mass is 16.5. The second-order valence-corrected chi connectivity index (χ2v) is 7.85. The van der Waals surface area contributed by atoms with Crippen LogP contribution in [0.15, 0.2) is 0 Å². The molecule has 2 atom stereocenters. The maximum atomic E-state index is 12.4. The summed E-state index contributed by atoms with van der Waals surface area (Å²) in [6.07, 6.45) is 5.68. The number of amides is 2. The summed E-state index contributed by atoms with van der Waals surface area (Å²) in [5.41, 5.74) is 0. The summed E-state index contributed by atoms with van der Waals surface area (Å²) < 4.78 is 5.39. The van der Waals surface area contributed by atoms with Gasteiger partial charge in [0.2, 0.25) is 0 Å². The number of rotatable bonds is 4. The van der Waals surface area contributed by atoms with Gasteiger partial charge in [-0.25, -0.2) is 4.79 Å². The monoisotopic (exact) mass is 338 g/mol. The summed E-state index contributed by atoms with van der Waals surface area (Å²) in [6.45, 7) is 7.78. The maximum absolute atomic E-state index is 12.4. The molecule has 3 rings (SSSR count). The average molecular weight is 338 g/mol. The molecule has 24 heavy (non-hydrogen) atoms. The molecule has 3 fully saturated rings. The van der Waals surface area contributed by atoms with Crippen LogP contribution in [0.3, 0.4) is 0 Å². The second kappa shape index (κ2) is 8.50. The summed E-state index contributed by atoms with van der Waals surface area (Å²) >= 11 is 0. The SMILES string of the molecule is CO[C@H]1CC[C@@H](NC(=O)N2CCC(CN3CCN(C)CC3)CC2)C1. The van der Waals surface area contributed by atoms with Gasteiger partial charge in [0.1, 0.15) is 0 Å². The molecule has 0 bridgehead atoms. The molecule has 1 N–H and O–H groups in total. The first-order valence-corrected chi connectivity index (χ1v) is 9.63. The van der Waals surface area contributed by atoms with E-state index in [2.05, 4.69) is 22.2 Å². The third kappa shape index (κ3) is 4.83. The lowest BCUT2D eigenvalue weighted by Gasteiger charge is -2.38. The van der Waals surface area contributed by atoms with Gasteiger partial charge in [-0.3, -0.25) is 0 Å². The Morgan fingerprint density at radius 3 is 2.38 bits per heavy atom. The number of methoxy groups -OCH3 is 1. The van der Waals surface area contributed by atoms with Crippen molar-refractivity contribution in [2.24, 2.45) is 5.92 Å². The normalized spacial score (nSPS) is 30.7. The first kappa shape index (κ1) is 18.0. The van der Waals surface area contributed by atoms with Gasteiger partial charge in [-0.1, -0.05) is 0 Å². The van der Waals surface area contributed by atoms with Crippen LogP contribution < -0.4 is 5.32 Å². The van der Waals surface area contributed by atoms with E-state index in [4.69, 9.17) is 4.74 Å². The van der Waals surface area contributed by atoms with Crippen LogP contribution >= 0.6 is 0 Å². The Balaban J connectivity index is 1.35. The zero-order valence-electron chi connectivity index (χ0n) is 15.4. The van der Waals surface area contributed by atoms with E-state index in [1.165, 1.54) is 32.7 Å². The molecule has 138 valence electrons. The summed E-state index contributed by atoms with van der Waals surface area (Å²) in [5.74, 6) is 0.752. The molecule has 0 radical (unpaired) electrons. The van der Waals surface area contributed by atoms with Gasteiger partial charge in [0.25, 0.3) is 0 Å². The summed E-state index contributed by atoms with van der Waals surface area (Å²) in [6, 6.07) is 0.431. The van der Waals surface area contributed by atoms with Crippen molar-refractivity contribution in [1.29, 1.82) is 0 Å². The molecular formula is C18H34N4O2. The minimum Gasteiger partial charge on any atom is -0.381 e. The van der Waals surface area contributed by atoms with Crippen molar-refractivity contribution in [3.63, 3.8) is 0 Å². The smallest absolute Gasteiger partial charge is 0.317 e. The molecule has 2 heterocycles. The highest BCUT2D eigenvalue weighted by Crippen LogP contribution is 2.23. The van der Waals surface area contributed by atoms with Gasteiger partial charge in [-0.15, -0.1) is 0 Å². The number of urea groups is 1. The van der Waals surface area contributed by atoms with E-state index in [1.54, 1.807) is 7.11 Å². The van der Waals surface area contributed by atoms with Crippen LogP contribution in [0.5, 0.6) is 0 Å². The molecule has 1 aliphatic carbocycles. The third-order valence-electron chi connectivity index (χ3n) is 6.06. The fraction of sp³-hybridized carbons (Fsp3) is 0.944. The van der Waals surface area contributed by atoms with Crippen LogP contribution in [0.2, 0.25) is 0 Å². The van der Waals surface area contributed by atoms with Crippen molar-refractivity contribution in [1.82, 2.24) is 20.0 Å². The summed E-state index contributed by atoms with van der Waals surface area (Å²) in [7, 11) is 3.97. The number of likely N-dealkylation sites (N-methyl/N-ethyl adjacent to an activating group) is 1. The number of hydrogen-bond donors (Lipinski definition) is 1. The number of hydrogen-bond acceptors (Lipinski definition) is 4. The van der Waals surface area contributed by atoms with Crippen LogP contribution in [0.1, 0.15) is 32.1 Å². The zero-order chi connectivity index (χ0) is 16.9. The highest BCUT2D eigenvalue weighted by molar-refractivity contribution is 5.74. The first-order chi connectivity index (χ1) is 11.6. The molecular weight excluding hydrogens is 304 g/mol. The van der Waals surface area contributed by atoms with Gasteiger partial charge < -0.3 is 24.8 Å². The van der Waals surface area contributed by atoms with Crippen molar-refractivity contribution in [3.05, 3.63) is 0 Å². The number of piperidine rings is 1. The van der Waals surface area contributed by atoms with Gasteiger partial charge in [0.05, 0.1) is 6.10 Å². The largest absolute Gasteiger partial charge is 0.381 e. The number of nitrogens with one attached hydrogen (secondary N) is 1. The molecule has 2 saturated heterocycles. The van der Waals surface area contributed by atoms with Crippen LogP contribution in [0.4, 0.5) is 4.79 Å². The molecule has 1 saturated carbocycles. The number of nitrogens with zero attached hydrogens (tertiary/aromatic N) is 3. The predicted octanol–water partition coefficient (Wildman–Crippen LogP) is 1.22. The molecule has 6 nitrogen and oxygen atoms in total. The highest BCUT2D eigenvalue weighted by Gasteiger charge is 2.29. The Bertz CT molecular complexity index is 404. The van der Waals surface area contributed by atoms with Crippen LogP contribution in [0.25, 0.3) is 0 Å². The van der Waals surface area contributed by atoms with E-state index < -0.39 is 0 Å². The fourth-order valence-corrected chi connectivity index (χ4v) is 4.27. The minimum atomic E-state index is 0.134. The quantitative estimate of drug-likeness (QED) is 0.837. The minimum absolute atomic E-state index is 0.134. The Morgan fingerprint density at radius 1 is 1.04 bits per heavy atom. The van der Waals surface area contributed by atoms with Crippen molar-refractivity contribution in [2.45, 2.75) is 44.2 Å². The van der Waals surface area contributed by atoms with Crippen molar-refractivity contribution >= 4 is 6.03 Å². The molecule has 0 spiro atoms. The molecule has 3 aliphatic rings. The molecule has 0 aromatic carbocycles. The molecule has 6 heteroatoms. The lowest BCUT2D eigenvalue weighted by molar-refractivity contribution is 0.104. The van der Waals surface area contributed by atoms with E-state index >= 15 is 0 Å². The van der Waals surface area contributed by atoms with Crippen LogP contribution in [0, 0.1) is 5.92 Å². The second-order valence-electron chi connectivity index (χ2n) is 7.85. The standard InChI is InChI=1S/C18H34N4O2/c1-20-9-11-21(12-10-20)14-15-5-7-22(8-6-15)18(23)19-16-3-4-17(13-16)24-2/h15-17H,3-14H2,1-2H3,(H,19,23)/t16-,17+/m1/s1. The lowest BCUT2D eigenvalue weighted by Crippen LogP contribution is -2.50. The van der Waals surface area contributed by atoms with Gasteiger partial charge in [-0.2, -0.15) is 0 Å². The van der Waals surface area contributed by atoms with Crippen molar-refractivity contribution < 1.29 is 9.53 Å². The molecule has 0 aromatic heterocycles. The molecule has 2 aliphatic heterocycles. The summed E-state index contributed by atoms with van der Waals surface area (Å²) in [4.78, 5) is 19.5. The maximum Gasteiger partial charge on any atom is 0.317 e. The van der Waals surface area contributed by atoms with E-state index in [1.807, 2.05) is 4.90 Å². The Labute approximate surface area is 146 Å². The predicted molar refractivity (Wildman–Crippen MR) is 95.2 cm³/mol. The fourth-order valence-electron chi connectivity index (χ4n) is 4.27. The van der Waals surface area contributed by atoms with Gasteiger partial charge in [0.15, 0.2) is 0 Å². The Kier molecular flexibility index (Phi) is 6.36. The van der Waals surface area contributed by atoms with E-state index in [0.29, 0.717) is 12.1 Å². The number of ether oxygens (including phenoxy) is 1. The van der Waals surface area contributed by atoms with Crippen LogP contribution in [-0.4, -0.2) is 92.8 Å². The Hall–Kier alpha value is -0.850.